The lowest BCUT2D eigenvalue weighted by molar-refractivity contribution is 0.140. The molecular weight excluding hydrogens is 298 g/mol. The zero-order chi connectivity index (χ0) is 15.5. The number of nitrogens with one attached hydrogen (secondary N) is 1. The molecule has 1 aromatic heterocycles. The number of nitrogens with zero attached hydrogens (tertiary/aromatic N) is 2. The van der Waals surface area contributed by atoms with Crippen LogP contribution in [-0.2, 0) is 14.6 Å². The van der Waals surface area contributed by atoms with Crippen molar-refractivity contribution in [2.75, 3.05) is 37.1 Å². The molecule has 0 aliphatic carbocycles. The first kappa shape index (κ1) is 15.8. The Morgan fingerprint density at radius 2 is 2.38 bits per heavy atom. The van der Waals surface area contributed by atoms with Crippen LogP contribution in [0.15, 0.2) is 10.6 Å². The van der Waals surface area contributed by atoms with Crippen LogP contribution in [0.25, 0.3) is 0 Å². The van der Waals surface area contributed by atoms with E-state index in [0.29, 0.717) is 31.2 Å². The first-order chi connectivity index (χ1) is 9.91. The topological polar surface area (TPSA) is 102 Å². The zero-order valence-corrected chi connectivity index (χ0v) is 12.9. The van der Waals surface area contributed by atoms with Crippen LogP contribution < -0.4 is 5.32 Å². The molecule has 0 saturated carbocycles. The number of hydrogen-bond acceptors (Lipinski definition) is 6. The van der Waals surface area contributed by atoms with Crippen molar-refractivity contribution in [1.82, 2.24) is 10.1 Å². The highest BCUT2D eigenvalue weighted by Crippen LogP contribution is 2.19. The molecule has 0 bridgehead atoms. The molecule has 1 aliphatic rings. The normalized spacial score (nSPS) is 20.4. The number of aromatic nitrogens is 1. The number of sulfone groups is 1. The van der Waals surface area contributed by atoms with E-state index in [0.717, 1.165) is 0 Å². The van der Waals surface area contributed by atoms with Crippen molar-refractivity contribution in [3.8, 4) is 0 Å². The third-order valence-corrected chi connectivity index (χ3v) is 5.06. The maximum absolute atomic E-state index is 12.3. The minimum absolute atomic E-state index is 0.0119. The summed E-state index contributed by atoms with van der Waals surface area (Å²) in [6, 6.07) is 0.859. The average molecular weight is 317 g/mol. The van der Waals surface area contributed by atoms with Crippen molar-refractivity contribution in [3.05, 3.63) is 11.8 Å². The van der Waals surface area contributed by atoms with E-state index in [9.17, 15) is 13.2 Å². The van der Waals surface area contributed by atoms with Gasteiger partial charge < -0.3 is 14.2 Å². The smallest absolute Gasteiger partial charge is 0.323 e. The molecule has 1 fully saturated rings. The number of carbonyl (C=O) groups excluding carboxylic acids is 1. The van der Waals surface area contributed by atoms with Gasteiger partial charge in [-0.05, 0) is 13.3 Å². The number of urea groups is 1. The second-order valence-electron chi connectivity index (χ2n) is 5.00. The first-order valence-electron chi connectivity index (χ1n) is 6.61. The van der Waals surface area contributed by atoms with E-state index in [-0.39, 0.29) is 17.5 Å². The molecule has 1 saturated heterocycles. The number of carbonyl (C=O) groups is 1. The Morgan fingerprint density at radius 1 is 1.62 bits per heavy atom. The van der Waals surface area contributed by atoms with Gasteiger partial charge in [0.15, 0.2) is 15.7 Å². The second-order valence-corrected chi connectivity index (χ2v) is 7.22. The van der Waals surface area contributed by atoms with Crippen molar-refractivity contribution < 1.29 is 22.5 Å². The molecule has 1 atom stereocenters. The summed E-state index contributed by atoms with van der Waals surface area (Å²) in [6.45, 7) is 2.37. The van der Waals surface area contributed by atoms with Gasteiger partial charge in [0, 0.05) is 25.8 Å². The lowest BCUT2D eigenvalue weighted by Crippen LogP contribution is -2.45. The number of anilines is 1. The SMILES string of the molecule is COCCN(C(=O)Nc1cc(C)on1)C1CCS(=O)(=O)C1. The van der Waals surface area contributed by atoms with Crippen LogP contribution in [0.3, 0.4) is 0 Å². The molecule has 21 heavy (non-hydrogen) atoms. The summed E-state index contributed by atoms with van der Waals surface area (Å²) in [6.07, 6.45) is 0.442. The summed E-state index contributed by atoms with van der Waals surface area (Å²) in [5.41, 5.74) is 0. The Labute approximate surface area is 123 Å². The molecule has 2 rings (SSSR count). The highest BCUT2D eigenvalue weighted by molar-refractivity contribution is 7.91. The lowest BCUT2D eigenvalue weighted by Gasteiger charge is -2.27. The van der Waals surface area contributed by atoms with Gasteiger partial charge in [-0.1, -0.05) is 5.16 Å². The summed E-state index contributed by atoms with van der Waals surface area (Å²) >= 11 is 0. The number of amides is 2. The molecule has 0 spiro atoms. The summed E-state index contributed by atoms with van der Waals surface area (Å²) in [5.74, 6) is 0.984. The van der Waals surface area contributed by atoms with E-state index in [4.69, 9.17) is 9.26 Å². The van der Waals surface area contributed by atoms with Gasteiger partial charge in [-0.3, -0.25) is 5.32 Å². The summed E-state index contributed by atoms with van der Waals surface area (Å²) < 4.78 is 33.0. The minimum atomic E-state index is -3.06. The predicted octanol–water partition coefficient (Wildman–Crippen LogP) is 0.650. The summed E-state index contributed by atoms with van der Waals surface area (Å²) in [4.78, 5) is 13.8. The highest BCUT2D eigenvalue weighted by Gasteiger charge is 2.34. The van der Waals surface area contributed by atoms with E-state index in [2.05, 4.69) is 10.5 Å². The van der Waals surface area contributed by atoms with Gasteiger partial charge in [-0.15, -0.1) is 0 Å². The Bertz CT molecular complexity index is 598. The quantitative estimate of drug-likeness (QED) is 0.855. The Hall–Kier alpha value is -1.61. The van der Waals surface area contributed by atoms with Crippen molar-refractivity contribution in [2.45, 2.75) is 19.4 Å². The molecule has 1 aliphatic heterocycles. The molecule has 118 valence electrons. The largest absolute Gasteiger partial charge is 0.383 e. The molecule has 8 nitrogen and oxygen atoms in total. The molecule has 1 N–H and O–H groups in total. The van der Waals surface area contributed by atoms with E-state index in [1.54, 1.807) is 13.0 Å². The van der Waals surface area contributed by atoms with Crippen LogP contribution in [0, 0.1) is 6.92 Å². The van der Waals surface area contributed by atoms with Crippen LogP contribution in [0.4, 0.5) is 10.6 Å². The van der Waals surface area contributed by atoms with E-state index >= 15 is 0 Å². The van der Waals surface area contributed by atoms with Gasteiger partial charge in [0.25, 0.3) is 0 Å². The van der Waals surface area contributed by atoms with Crippen molar-refractivity contribution in [2.24, 2.45) is 0 Å². The van der Waals surface area contributed by atoms with Gasteiger partial charge in [0.1, 0.15) is 5.76 Å². The fourth-order valence-electron chi connectivity index (χ4n) is 2.27. The minimum Gasteiger partial charge on any atom is -0.383 e. The van der Waals surface area contributed by atoms with Gasteiger partial charge >= 0.3 is 6.03 Å². The average Bonchev–Trinajstić information content (AvgIpc) is 2.96. The van der Waals surface area contributed by atoms with E-state index < -0.39 is 15.9 Å². The standard InChI is InChI=1S/C12H19N3O5S/c1-9-7-11(14-20-9)13-12(16)15(4-5-19-2)10-3-6-21(17,18)8-10/h7,10H,3-6,8H2,1-2H3,(H,13,14,16). The summed E-state index contributed by atoms with van der Waals surface area (Å²) in [7, 11) is -1.53. The molecular formula is C12H19N3O5S. The maximum Gasteiger partial charge on any atom is 0.323 e. The lowest BCUT2D eigenvalue weighted by atomic mass is 10.2. The Kier molecular flexibility index (Phi) is 4.84. The molecule has 2 heterocycles. The van der Waals surface area contributed by atoms with Crippen molar-refractivity contribution >= 4 is 21.7 Å². The molecule has 9 heteroatoms. The van der Waals surface area contributed by atoms with Crippen molar-refractivity contribution in [3.63, 3.8) is 0 Å². The van der Waals surface area contributed by atoms with E-state index in [1.807, 2.05) is 0 Å². The first-order valence-corrected chi connectivity index (χ1v) is 8.44. The Balaban J connectivity index is 2.06. The number of ether oxygens (including phenoxy) is 1. The van der Waals surface area contributed by atoms with Gasteiger partial charge in [0.2, 0.25) is 0 Å². The predicted molar refractivity (Wildman–Crippen MR) is 75.9 cm³/mol. The fraction of sp³-hybridized carbons (Fsp3) is 0.667. The van der Waals surface area contributed by atoms with Crippen molar-refractivity contribution in [1.29, 1.82) is 0 Å². The van der Waals surface area contributed by atoms with Crippen LogP contribution in [0.2, 0.25) is 0 Å². The summed E-state index contributed by atoms with van der Waals surface area (Å²) in [5, 5.41) is 6.30. The van der Waals surface area contributed by atoms with Crippen LogP contribution in [0.1, 0.15) is 12.2 Å². The molecule has 1 aromatic rings. The molecule has 2 amide bonds. The molecule has 0 radical (unpaired) electrons. The van der Waals surface area contributed by atoms with Crippen LogP contribution >= 0.6 is 0 Å². The zero-order valence-electron chi connectivity index (χ0n) is 12.0. The number of rotatable bonds is 5. The van der Waals surface area contributed by atoms with Gasteiger partial charge in [-0.2, -0.15) is 0 Å². The maximum atomic E-state index is 12.3. The third-order valence-electron chi connectivity index (χ3n) is 3.31. The van der Waals surface area contributed by atoms with Gasteiger partial charge in [0.05, 0.1) is 18.1 Å². The second kappa shape index (κ2) is 6.44. The number of aryl methyl sites for hydroxylation is 1. The number of hydrogen-bond donors (Lipinski definition) is 1. The van der Waals surface area contributed by atoms with Gasteiger partial charge in [-0.25, -0.2) is 13.2 Å². The number of methoxy groups -OCH3 is 1. The molecule has 0 aromatic carbocycles. The molecule has 1 unspecified atom stereocenters. The highest BCUT2D eigenvalue weighted by atomic mass is 32.2. The third kappa shape index (κ3) is 4.18. The Morgan fingerprint density at radius 3 is 2.90 bits per heavy atom. The monoisotopic (exact) mass is 317 g/mol. The van der Waals surface area contributed by atoms with Crippen LogP contribution in [0.5, 0.6) is 0 Å². The van der Waals surface area contributed by atoms with E-state index in [1.165, 1.54) is 12.0 Å². The fourth-order valence-corrected chi connectivity index (χ4v) is 4.00. The van der Waals surface area contributed by atoms with Crippen LogP contribution in [-0.4, -0.2) is 62.3 Å².